The number of fused-ring (bicyclic) bond motifs is 1. The highest BCUT2D eigenvalue weighted by molar-refractivity contribution is 9.10. The third-order valence-corrected chi connectivity index (χ3v) is 5.41. The Morgan fingerprint density at radius 2 is 1.56 bits per heavy atom. The van der Waals surface area contributed by atoms with Crippen molar-refractivity contribution in [3.05, 3.63) is 52.3 Å². The largest absolute Gasteiger partial charge is 0.486 e. The second-order valence-electron chi connectivity index (χ2n) is 6.33. The van der Waals surface area contributed by atoms with Crippen molar-refractivity contribution in [3.8, 4) is 11.5 Å². The third kappa shape index (κ3) is 3.75. The molecule has 0 saturated carbocycles. The average molecular weight is 407 g/mol. The van der Waals surface area contributed by atoms with E-state index in [1.165, 1.54) is 17.7 Å². The van der Waals surface area contributed by atoms with Crippen LogP contribution in [-0.4, -0.2) is 44.3 Å². The van der Waals surface area contributed by atoms with E-state index in [0.29, 0.717) is 13.2 Å². The summed E-state index contributed by atoms with van der Waals surface area (Å²) in [5.74, 6) is 1.45. The van der Waals surface area contributed by atoms with E-state index in [9.17, 15) is 4.39 Å². The maximum absolute atomic E-state index is 13.1. The molecule has 0 atom stereocenters. The van der Waals surface area contributed by atoms with Gasteiger partial charge in [-0.25, -0.2) is 4.39 Å². The van der Waals surface area contributed by atoms with Gasteiger partial charge in [0.2, 0.25) is 0 Å². The van der Waals surface area contributed by atoms with Crippen molar-refractivity contribution < 1.29 is 13.9 Å². The molecule has 2 aliphatic rings. The summed E-state index contributed by atoms with van der Waals surface area (Å²) >= 11 is 3.65. The average Bonchev–Trinajstić information content (AvgIpc) is 2.64. The Balaban J connectivity index is 1.39. The number of nitrogens with zero attached hydrogens (tertiary/aromatic N) is 2. The van der Waals surface area contributed by atoms with Crippen LogP contribution in [0.5, 0.6) is 11.5 Å². The summed E-state index contributed by atoms with van der Waals surface area (Å²) in [6.45, 7) is 5.89. The fourth-order valence-corrected chi connectivity index (χ4v) is 3.73. The quantitative estimate of drug-likeness (QED) is 0.775. The monoisotopic (exact) mass is 406 g/mol. The SMILES string of the molecule is Fc1ccc(N2CCN(Cc3cc4c(cc3Br)OCCO4)CC2)cc1. The van der Waals surface area contributed by atoms with Crippen molar-refractivity contribution in [2.45, 2.75) is 6.54 Å². The topological polar surface area (TPSA) is 24.9 Å². The highest BCUT2D eigenvalue weighted by Crippen LogP contribution is 2.36. The van der Waals surface area contributed by atoms with Gasteiger partial charge in [0.1, 0.15) is 19.0 Å². The summed E-state index contributed by atoms with van der Waals surface area (Å²) in [7, 11) is 0. The van der Waals surface area contributed by atoms with Gasteiger partial charge in [-0.05, 0) is 42.0 Å². The van der Waals surface area contributed by atoms with Crippen molar-refractivity contribution in [1.82, 2.24) is 4.90 Å². The molecule has 0 radical (unpaired) electrons. The van der Waals surface area contributed by atoms with Gasteiger partial charge in [0, 0.05) is 42.9 Å². The zero-order chi connectivity index (χ0) is 17.2. The van der Waals surface area contributed by atoms with Gasteiger partial charge in [-0.15, -0.1) is 0 Å². The molecular formula is C19H20BrFN2O2. The van der Waals surface area contributed by atoms with Crippen LogP contribution in [0, 0.1) is 5.82 Å². The fraction of sp³-hybridized carbons (Fsp3) is 0.368. The number of benzene rings is 2. The first-order valence-corrected chi connectivity index (χ1v) is 9.29. The van der Waals surface area contributed by atoms with Crippen LogP contribution < -0.4 is 14.4 Å². The molecule has 0 amide bonds. The van der Waals surface area contributed by atoms with Gasteiger partial charge in [-0.3, -0.25) is 4.90 Å². The molecule has 25 heavy (non-hydrogen) atoms. The van der Waals surface area contributed by atoms with Crippen molar-refractivity contribution in [1.29, 1.82) is 0 Å². The number of anilines is 1. The summed E-state index contributed by atoms with van der Waals surface area (Å²) in [4.78, 5) is 4.73. The minimum absolute atomic E-state index is 0.189. The molecule has 4 nitrogen and oxygen atoms in total. The molecule has 2 heterocycles. The van der Waals surface area contributed by atoms with Gasteiger partial charge in [0.05, 0.1) is 0 Å². The van der Waals surface area contributed by atoms with E-state index in [2.05, 4.69) is 31.8 Å². The Hall–Kier alpha value is -1.79. The number of hydrogen-bond donors (Lipinski definition) is 0. The van der Waals surface area contributed by atoms with Crippen molar-refractivity contribution in [2.75, 3.05) is 44.3 Å². The lowest BCUT2D eigenvalue weighted by Gasteiger charge is -2.36. The first kappa shape index (κ1) is 16.7. The lowest BCUT2D eigenvalue weighted by Crippen LogP contribution is -2.46. The standard InChI is InChI=1S/C19H20BrFN2O2/c20-17-12-19-18(24-9-10-25-19)11-14(17)13-22-5-7-23(8-6-22)16-3-1-15(21)2-4-16/h1-4,11-12H,5-10,13H2. The van der Waals surface area contributed by atoms with Crippen LogP contribution in [0.1, 0.15) is 5.56 Å². The summed E-state index contributed by atoms with van der Waals surface area (Å²) < 4.78 is 25.4. The smallest absolute Gasteiger partial charge is 0.162 e. The molecule has 1 saturated heterocycles. The third-order valence-electron chi connectivity index (χ3n) is 4.67. The van der Waals surface area contributed by atoms with Gasteiger partial charge in [0.25, 0.3) is 0 Å². The zero-order valence-electron chi connectivity index (χ0n) is 13.9. The fourth-order valence-electron chi connectivity index (χ4n) is 3.28. The molecule has 0 spiro atoms. The predicted molar refractivity (Wildman–Crippen MR) is 99.0 cm³/mol. The maximum Gasteiger partial charge on any atom is 0.162 e. The van der Waals surface area contributed by atoms with Crippen molar-refractivity contribution in [2.24, 2.45) is 0 Å². The Morgan fingerprint density at radius 3 is 2.24 bits per heavy atom. The predicted octanol–water partition coefficient (Wildman–Crippen LogP) is 3.68. The Bertz CT molecular complexity index is 746. The van der Waals surface area contributed by atoms with Gasteiger partial charge >= 0.3 is 0 Å². The molecule has 2 aromatic carbocycles. The second-order valence-corrected chi connectivity index (χ2v) is 7.18. The highest BCUT2D eigenvalue weighted by atomic mass is 79.9. The van der Waals surface area contributed by atoms with E-state index in [-0.39, 0.29) is 5.82 Å². The van der Waals surface area contributed by atoms with Crippen LogP contribution in [0.15, 0.2) is 40.9 Å². The first-order valence-electron chi connectivity index (χ1n) is 8.50. The van der Waals surface area contributed by atoms with Crippen molar-refractivity contribution in [3.63, 3.8) is 0 Å². The molecule has 1 fully saturated rings. The Kier molecular flexibility index (Phi) is 4.81. The summed E-state index contributed by atoms with van der Waals surface area (Å²) in [6.07, 6.45) is 0. The van der Waals surface area contributed by atoms with Crippen LogP contribution >= 0.6 is 15.9 Å². The molecule has 0 N–H and O–H groups in total. The first-order chi connectivity index (χ1) is 12.2. The molecule has 0 bridgehead atoms. The van der Waals surface area contributed by atoms with Gasteiger partial charge in [-0.1, -0.05) is 15.9 Å². The van der Waals surface area contributed by atoms with Gasteiger partial charge < -0.3 is 14.4 Å². The lowest BCUT2D eigenvalue weighted by atomic mass is 10.1. The molecule has 6 heteroatoms. The van der Waals surface area contributed by atoms with E-state index in [0.717, 1.165) is 54.4 Å². The van der Waals surface area contributed by atoms with Crippen LogP contribution in [-0.2, 0) is 6.54 Å². The molecule has 0 unspecified atom stereocenters. The molecule has 2 aliphatic heterocycles. The molecule has 132 valence electrons. The van der Waals surface area contributed by atoms with Crippen LogP contribution in [0.4, 0.5) is 10.1 Å². The normalized spacial score (nSPS) is 17.6. The van der Waals surface area contributed by atoms with Gasteiger partial charge in [0.15, 0.2) is 11.5 Å². The second kappa shape index (κ2) is 7.22. The van der Waals surface area contributed by atoms with Gasteiger partial charge in [-0.2, -0.15) is 0 Å². The molecular weight excluding hydrogens is 387 g/mol. The Morgan fingerprint density at radius 1 is 0.920 bits per heavy atom. The number of piperazine rings is 1. The molecule has 0 aromatic heterocycles. The summed E-state index contributed by atoms with van der Waals surface area (Å²) in [5.41, 5.74) is 2.29. The van der Waals surface area contributed by atoms with E-state index in [1.807, 2.05) is 18.2 Å². The number of rotatable bonds is 3. The maximum atomic E-state index is 13.1. The highest BCUT2D eigenvalue weighted by Gasteiger charge is 2.20. The molecule has 2 aromatic rings. The minimum atomic E-state index is -0.189. The number of ether oxygens (including phenoxy) is 2. The summed E-state index contributed by atoms with van der Waals surface area (Å²) in [5, 5.41) is 0. The molecule has 0 aliphatic carbocycles. The van der Waals surface area contributed by atoms with E-state index >= 15 is 0 Å². The van der Waals surface area contributed by atoms with Crippen LogP contribution in [0.2, 0.25) is 0 Å². The van der Waals surface area contributed by atoms with Crippen molar-refractivity contribution >= 4 is 21.6 Å². The lowest BCUT2D eigenvalue weighted by molar-refractivity contribution is 0.170. The minimum Gasteiger partial charge on any atom is -0.486 e. The van der Waals surface area contributed by atoms with Crippen LogP contribution in [0.25, 0.3) is 0 Å². The Labute approximate surface area is 155 Å². The number of halogens is 2. The zero-order valence-corrected chi connectivity index (χ0v) is 15.5. The van der Waals surface area contributed by atoms with E-state index < -0.39 is 0 Å². The molecule has 4 rings (SSSR count). The number of hydrogen-bond acceptors (Lipinski definition) is 4. The van der Waals surface area contributed by atoms with E-state index in [1.54, 1.807) is 0 Å². The summed E-state index contributed by atoms with van der Waals surface area (Å²) in [6, 6.07) is 10.8. The van der Waals surface area contributed by atoms with E-state index in [4.69, 9.17) is 9.47 Å². The van der Waals surface area contributed by atoms with Crippen LogP contribution in [0.3, 0.4) is 0 Å².